The number of benzene rings is 1. The van der Waals surface area contributed by atoms with Crippen LogP contribution < -0.4 is 5.32 Å². The molecule has 1 fully saturated rings. The Morgan fingerprint density at radius 1 is 1.38 bits per heavy atom. The number of piperidine rings is 1. The first-order valence-electron chi connectivity index (χ1n) is 7.49. The average Bonchev–Trinajstić information content (AvgIpc) is 2.82. The second-order valence-corrected chi connectivity index (χ2v) is 8.10. The quantitative estimate of drug-likeness (QED) is 0.461. The molecule has 0 bridgehead atoms. The molecule has 0 spiro atoms. The normalized spacial score (nSPS) is 24.8. The third-order valence-electron chi connectivity index (χ3n) is 4.28. The Kier molecular flexibility index (Phi) is 4.69. The van der Waals surface area contributed by atoms with Gasteiger partial charge < -0.3 is 0 Å². The predicted octanol–water partition coefficient (Wildman–Crippen LogP) is 0.712. The molecule has 9 heteroatoms. The van der Waals surface area contributed by atoms with Crippen molar-refractivity contribution in [3.05, 3.63) is 34.9 Å². The molecule has 2 aliphatic heterocycles. The monoisotopic (exact) mass is 370 g/mol. The first-order chi connectivity index (χ1) is 11.3. The topological polar surface area (TPSA) is 92.8 Å². The summed E-state index contributed by atoms with van der Waals surface area (Å²) in [6, 6.07) is 5.10. The number of amides is 2. The van der Waals surface area contributed by atoms with Gasteiger partial charge in [0.15, 0.2) is 0 Å². The summed E-state index contributed by atoms with van der Waals surface area (Å²) < 4.78 is 27.3. The number of hydrogen-bond donors (Lipinski definition) is 2. The van der Waals surface area contributed by atoms with Crippen molar-refractivity contribution in [1.29, 1.82) is 0 Å². The van der Waals surface area contributed by atoms with Crippen molar-refractivity contribution in [2.24, 2.45) is 0 Å². The molecule has 3 rings (SSSR count). The maximum Gasteiger partial charge on any atom is 0.264 e. The fraction of sp³-hybridized carbons (Fsp3) is 0.467. The van der Waals surface area contributed by atoms with Crippen molar-refractivity contribution in [2.45, 2.75) is 37.4 Å². The maximum absolute atomic E-state index is 12.1. The van der Waals surface area contributed by atoms with E-state index in [0.29, 0.717) is 19.4 Å². The number of thiol groups is 1. The van der Waals surface area contributed by atoms with E-state index in [1.54, 1.807) is 6.07 Å². The molecule has 2 aliphatic rings. The fourth-order valence-corrected chi connectivity index (χ4v) is 3.95. The second-order valence-electron chi connectivity index (χ2n) is 5.96. The third kappa shape index (κ3) is 3.49. The molecule has 1 aromatic carbocycles. The lowest BCUT2D eigenvalue weighted by atomic mass is 10.0. The number of carbonyl (C=O) groups excluding carboxylic acids is 2. The summed E-state index contributed by atoms with van der Waals surface area (Å²) in [5.41, 5.74) is 2.61. The number of carbonyl (C=O) groups is 2. The van der Waals surface area contributed by atoms with Gasteiger partial charge in [-0.2, -0.15) is 21.0 Å². The Hall–Kier alpha value is -1.42. The first-order valence-corrected chi connectivity index (χ1v) is 9.82. The molecule has 130 valence electrons. The highest BCUT2D eigenvalue weighted by molar-refractivity contribution is 7.85. The molecule has 1 aromatic rings. The molecule has 0 aliphatic carbocycles. The van der Waals surface area contributed by atoms with Crippen molar-refractivity contribution in [3.8, 4) is 0 Å². The van der Waals surface area contributed by atoms with E-state index in [9.17, 15) is 18.0 Å². The van der Waals surface area contributed by atoms with E-state index >= 15 is 0 Å². The van der Waals surface area contributed by atoms with Crippen LogP contribution in [0.1, 0.15) is 34.9 Å². The average molecular weight is 370 g/mol. The standard InChI is InChI=1S/C15H18N2O5S2/c1-24(20,21)22-8-9-3-2-4-10-11(9)7-17(15(10)23)12-5-6-13(18)16-14(12)19/h2-4,12,15,23H,5-8H2,1H3,(H,16,18,19). The molecule has 2 amide bonds. The van der Waals surface area contributed by atoms with E-state index in [4.69, 9.17) is 4.18 Å². The number of nitrogens with zero attached hydrogens (tertiary/aromatic N) is 1. The lowest BCUT2D eigenvalue weighted by Gasteiger charge is -2.32. The lowest BCUT2D eigenvalue weighted by Crippen LogP contribution is -2.51. The third-order valence-corrected chi connectivity index (χ3v) is 5.40. The molecule has 0 saturated carbocycles. The van der Waals surface area contributed by atoms with E-state index in [1.807, 2.05) is 17.0 Å². The summed E-state index contributed by atoms with van der Waals surface area (Å²) in [6.45, 7) is 0.408. The van der Waals surface area contributed by atoms with Gasteiger partial charge in [0.2, 0.25) is 11.8 Å². The molecule has 24 heavy (non-hydrogen) atoms. The molecule has 0 radical (unpaired) electrons. The van der Waals surface area contributed by atoms with Crippen LogP contribution in [0.3, 0.4) is 0 Å². The van der Waals surface area contributed by atoms with E-state index in [1.165, 1.54) is 0 Å². The van der Waals surface area contributed by atoms with Crippen LogP contribution in [0.25, 0.3) is 0 Å². The van der Waals surface area contributed by atoms with Gasteiger partial charge in [0.05, 0.1) is 24.3 Å². The summed E-state index contributed by atoms with van der Waals surface area (Å²) in [6.07, 6.45) is 1.76. The summed E-state index contributed by atoms with van der Waals surface area (Å²) in [7, 11) is -3.54. The molecule has 7 nitrogen and oxygen atoms in total. The van der Waals surface area contributed by atoms with Gasteiger partial charge in [-0.15, -0.1) is 0 Å². The highest BCUT2D eigenvalue weighted by Crippen LogP contribution is 2.40. The minimum absolute atomic E-state index is 0.0499. The Bertz CT molecular complexity index is 793. The van der Waals surface area contributed by atoms with Crippen LogP contribution in [0.4, 0.5) is 0 Å². The largest absolute Gasteiger partial charge is 0.295 e. The first kappa shape index (κ1) is 17.4. The molecule has 1 saturated heterocycles. The van der Waals surface area contributed by atoms with Crippen LogP contribution in [-0.2, 0) is 37.0 Å². The van der Waals surface area contributed by atoms with Crippen LogP contribution in [0.15, 0.2) is 18.2 Å². The van der Waals surface area contributed by atoms with Gasteiger partial charge in [-0.05, 0) is 23.1 Å². The van der Waals surface area contributed by atoms with Crippen LogP contribution in [0, 0.1) is 0 Å². The minimum Gasteiger partial charge on any atom is -0.295 e. The zero-order valence-electron chi connectivity index (χ0n) is 13.1. The number of imide groups is 1. The van der Waals surface area contributed by atoms with Gasteiger partial charge in [-0.3, -0.25) is 24.0 Å². The summed E-state index contributed by atoms with van der Waals surface area (Å²) in [5, 5.41) is 2.07. The highest BCUT2D eigenvalue weighted by atomic mass is 32.2. The lowest BCUT2D eigenvalue weighted by molar-refractivity contribution is -0.137. The molecule has 2 unspecified atom stereocenters. The predicted molar refractivity (Wildman–Crippen MR) is 89.5 cm³/mol. The van der Waals surface area contributed by atoms with E-state index < -0.39 is 16.2 Å². The van der Waals surface area contributed by atoms with E-state index in [2.05, 4.69) is 17.9 Å². The number of fused-ring (bicyclic) bond motifs is 1. The van der Waals surface area contributed by atoms with Crippen molar-refractivity contribution in [2.75, 3.05) is 6.26 Å². The van der Waals surface area contributed by atoms with Gasteiger partial charge in [0.1, 0.15) is 0 Å². The Labute approximate surface area is 145 Å². The van der Waals surface area contributed by atoms with Crippen molar-refractivity contribution in [3.63, 3.8) is 0 Å². The maximum atomic E-state index is 12.1. The zero-order valence-corrected chi connectivity index (χ0v) is 14.8. The second kappa shape index (κ2) is 6.47. The number of rotatable bonds is 4. The van der Waals surface area contributed by atoms with Gasteiger partial charge in [0.25, 0.3) is 10.1 Å². The van der Waals surface area contributed by atoms with Crippen molar-refractivity contribution < 1.29 is 22.2 Å². The van der Waals surface area contributed by atoms with Crippen LogP contribution in [0.2, 0.25) is 0 Å². The van der Waals surface area contributed by atoms with E-state index in [-0.39, 0.29) is 23.8 Å². The van der Waals surface area contributed by atoms with Crippen molar-refractivity contribution >= 4 is 34.6 Å². The molecular formula is C15H18N2O5S2. The SMILES string of the molecule is CS(=O)(=O)OCc1cccc2c1CN(C1CCC(=O)NC1=O)C2S. The fourth-order valence-electron chi connectivity index (χ4n) is 3.12. The molecule has 2 atom stereocenters. The number of nitrogens with one attached hydrogen (secondary N) is 1. The smallest absolute Gasteiger partial charge is 0.264 e. The summed E-state index contributed by atoms with van der Waals surface area (Å²) >= 11 is 4.61. The van der Waals surface area contributed by atoms with Gasteiger partial charge >= 0.3 is 0 Å². The zero-order chi connectivity index (χ0) is 17.5. The Morgan fingerprint density at radius 3 is 2.79 bits per heavy atom. The molecule has 0 aromatic heterocycles. The van der Waals surface area contributed by atoms with Gasteiger partial charge in [0, 0.05) is 13.0 Å². The van der Waals surface area contributed by atoms with Gasteiger partial charge in [-0.25, -0.2) is 0 Å². The summed E-state index contributed by atoms with van der Waals surface area (Å²) in [5.74, 6) is -0.571. The highest BCUT2D eigenvalue weighted by Gasteiger charge is 2.39. The van der Waals surface area contributed by atoms with Crippen LogP contribution in [0.5, 0.6) is 0 Å². The van der Waals surface area contributed by atoms with Crippen LogP contribution >= 0.6 is 12.6 Å². The Morgan fingerprint density at radius 2 is 2.12 bits per heavy atom. The van der Waals surface area contributed by atoms with Gasteiger partial charge in [-0.1, -0.05) is 18.2 Å². The molecular weight excluding hydrogens is 352 g/mol. The number of hydrogen-bond acceptors (Lipinski definition) is 7. The molecule has 2 heterocycles. The van der Waals surface area contributed by atoms with Crippen LogP contribution in [-0.4, -0.2) is 37.4 Å². The Balaban J connectivity index is 1.83. The minimum atomic E-state index is -3.54. The van der Waals surface area contributed by atoms with E-state index in [0.717, 1.165) is 22.9 Å². The molecule has 1 N–H and O–H groups in total. The summed E-state index contributed by atoms with van der Waals surface area (Å²) in [4.78, 5) is 25.4. The van der Waals surface area contributed by atoms with Crippen molar-refractivity contribution in [1.82, 2.24) is 10.2 Å².